The van der Waals surface area contributed by atoms with Crippen LogP contribution in [0.5, 0.6) is 0 Å². The van der Waals surface area contributed by atoms with Gasteiger partial charge in [0.1, 0.15) is 0 Å². The highest BCUT2D eigenvalue weighted by atomic mass is 35.5. The molecule has 0 unspecified atom stereocenters. The fourth-order valence-corrected chi connectivity index (χ4v) is 4.34. The van der Waals surface area contributed by atoms with Gasteiger partial charge in [0, 0.05) is 19.1 Å². The first-order valence-electron chi connectivity index (χ1n) is 13.3. The van der Waals surface area contributed by atoms with Crippen molar-refractivity contribution in [1.82, 2.24) is 40.8 Å². The van der Waals surface area contributed by atoms with E-state index in [1.807, 2.05) is 0 Å². The lowest BCUT2D eigenvalue weighted by Crippen LogP contribution is -2.43. The molecule has 3 rings (SSSR count). The van der Waals surface area contributed by atoms with Crippen LogP contribution in [0.15, 0.2) is 9.98 Å². The number of nitrogens with one attached hydrogen (secondary N) is 3. The maximum Gasteiger partial charge on any atom is 0.280 e. The van der Waals surface area contributed by atoms with Crippen LogP contribution in [0.25, 0.3) is 0 Å². The van der Waals surface area contributed by atoms with Gasteiger partial charge in [-0.1, -0.05) is 23.2 Å². The Morgan fingerprint density at radius 1 is 0.767 bits per heavy atom. The SMILES string of the molecule is NC(=NCCCNC1CCN(CCCN=C(N)NC(=O)c2nc(Cl)c(N)nc2N)CC1)NC(=O)c1nc(Cl)c(N)nc1N. The van der Waals surface area contributed by atoms with Crippen LogP contribution in [0, 0.1) is 0 Å². The van der Waals surface area contributed by atoms with Gasteiger partial charge in [-0.25, -0.2) is 19.9 Å². The summed E-state index contributed by atoms with van der Waals surface area (Å²) in [5, 5.41) is 8.09. The lowest BCUT2D eigenvalue weighted by Gasteiger charge is -2.32. The van der Waals surface area contributed by atoms with Crippen molar-refractivity contribution in [3.63, 3.8) is 0 Å². The number of halogens is 2. The monoisotopic (exact) mass is 638 g/mol. The number of hydrogen-bond donors (Lipinski definition) is 9. The minimum Gasteiger partial charge on any atom is -0.382 e. The Kier molecular flexibility index (Phi) is 12.2. The van der Waals surface area contributed by atoms with Gasteiger partial charge in [0.25, 0.3) is 11.8 Å². The molecule has 18 nitrogen and oxygen atoms in total. The molecule has 0 bridgehead atoms. The summed E-state index contributed by atoms with van der Waals surface area (Å²) in [5.74, 6) is -1.94. The number of carbonyl (C=O) groups is 2. The van der Waals surface area contributed by atoms with Gasteiger partial charge in [-0.15, -0.1) is 0 Å². The summed E-state index contributed by atoms with van der Waals surface area (Å²) in [5.41, 5.74) is 33.6. The summed E-state index contributed by atoms with van der Waals surface area (Å²) in [4.78, 5) is 50.4. The van der Waals surface area contributed by atoms with Gasteiger partial charge in [0.05, 0.1) is 0 Å². The highest BCUT2D eigenvalue weighted by molar-refractivity contribution is 6.32. The van der Waals surface area contributed by atoms with Gasteiger partial charge in [-0.3, -0.25) is 30.2 Å². The Labute approximate surface area is 257 Å². The lowest BCUT2D eigenvalue weighted by atomic mass is 10.0. The van der Waals surface area contributed by atoms with E-state index in [-0.39, 0.29) is 56.9 Å². The van der Waals surface area contributed by atoms with Crippen molar-refractivity contribution in [3.8, 4) is 0 Å². The molecular weight excluding hydrogens is 603 g/mol. The van der Waals surface area contributed by atoms with Crippen LogP contribution in [0.1, 0.15) is 46.7 Å². The first kappa shape index (κ1) is 33.2. The van der Waals surface area contributed by atoms with E-state index in [9.17, 15) is 9.59 Å². The molecule has 15 N–H and O–H groups in total. The Balaban J connectivity index is 1.27. The van der Waals surface area contributed by atoms with Gasteiger partial charge >= 0.3 is 0 Å². The number of carbonyl (C=O) groups excluding carboxylic acids is 2. The van der Waals surface area contributed by atoms with Crippen molar-refractivity contribution in [3.05, 3.63) is 21.7 Å². The van der Waals surface area contributed by atoms with Crippen molar-refractivity contribution in [1.29, 1.82) is 0 Å². The zero-order chi connectivity index (χ0) is 31.5. The molecule has 1 saturated heterocycles. The average molecular weight is 640 g/mol. The minimum absolute atomic E-state index is 0.0544. The average Bonchev–Trinajstić information content (AvgIpc) is 2.95. The number of likely N-dealkylation sites (tertiary alicyclic amines) is 1. The molecule has 20 heteroatoms. The number of rotatable bonds is 11. The molecule has 2 amide bonds. The first-order chi connectivity index (χ1) is 20.4. The third-order valence-corrected chi connectivity index (χ3v) is 6.83. The molecule has 1 fully saturated rings. The lowest BCUT2D eigenvalue weighted by molar-refractivity contribution is 0.0964. The van der Waals surface area contributed by atoms with Crippen LogP contribution < -0.4 is 50.4 Å². The van der Waals surface area contributed by atoms with Gasteiger partial charge in [-0.2, -0.15) is 0 Å². The quantitative estimate of drug-likeness (QED) is 0.0770. The molecule has 1 aliphatic rings. The molecule has 0 aromatic carbocycles. The van der Waals surface area contributed by atoms with E-state index in [0.717, 1.165) is 51.9 Å². The molecular formula is C23H36Cl2N16O2. The van der Waals surface area contributed by atoms with E-state index < -0.39 is 11.8 Å². The number of amides is 2. The summed E-state index contributed by atoms with van der Waals surface area (Å²) in [6.45, 7) is 4.35. The van der Waals surface area contributed by atoms with Crippen molar-refractivity contribution < 1.29 is 9.59 Å². The van der Waals surface area contributed by atoms with E-state index in [2.05, 4.69) is 50.8 Å². The van der Waals surface area contributed by atoms with Gasteiger partial charge in [0.2, 0.25) is 0 Å². The van der Waals surface area contributed by atoms with Crippen LogP contribution in [0.2, 0.25) is 10.3 Å². The van der Waals surface area contributed by atoms with Crippen molar-refractivity contribution in [2.45, 2.75) is 31.7 Å². The summed E-state index contributed by atoms with van der Waals surface area (Å²) < 4.78 is 0. The molecule has 0 spiro atoms. The highest BCUT2D eigenvalue weighted by Crippen LogP contribution is 2.18. The Bertz CT molecular complexity index is 1360. The molecule has 0 aliphatic carbocycles. The van der Waals surface area contributed by atoms with Gasteiger partial charge in [0.15, 0.2) is 56.9 Å². The van der Waals surface area contributed by atoms with Crippen LogP contribution in [-0.4, -0.2) is 93.9 Å². The number of nitrogens with zero attached hydrogens (tertiary/aromatic N) is 7. The fraction of sp³-hybridized carbons (Fsp3) is 0.478. The molecule has 43 heavy (non-hydrogen) atoms. The summed E-state index contributed by atoms with van der Waals surface area (Å²) in [6, 6.07) is 0.398. The van der Waals surface area contributed by atoms with E-state index in [1.165, 1.54) is 0 Å². The molecule has 2 aromatic heterocycles. The number of anilines is 4. The third kappa shape index (κ3) is 10.2. The zero-order valence-electron chi connectivity index (χ0n) is 23.3. The van der Waals surface area contributed by atoms with Crippen molar-refractivity contribution in [2.24, 2.45) is 21.5 Å². The van der Waals surface area contributed by atoms with E-state index in [1.54, 1.807) is 0 Å². The highest BCUT2D eigenvalue weighted by Gasteiger charge is 2.19. The normalized spacial score (nSPS) is 14.9. The molecule has 0 saturated carbocycles. The number of aromatic nitrogens is 4. The van der Waals surface area contributed by atoms with Crippen LogP contribution in [0.3, 0.4) is 0 Å². The summed E-state index contributed by atoms with van der Waals surface area (Å²) in [7, 11) is 0. The number of guanidine groups is 2. The molecule has 234 valence electrons. The Morgan fingerprint density at radius 3 is 1.72 bits per heavy atom. The fourth-order valence-electron chi connectivity index (χ4n) is 4.09. The Hall–Kier alpha value is -4.26. The van der Waals surface area contributed by atoms with Crippen molar-refractivity contribution in [2.75, 3.05) is 62.2 Å². The number of piperidine rings is 1. The van der Waals surface area contributed by atoms with E-state index in [0.29, 0.717) is 19.1 Å². The predicted octanol–water partition coefficient (Wildman–Crippen LogP) is -1.47. The maximum absolute atomic E-state index is 12.3. The molecule has 0 radical (unpaired) electrons. The topological polar surface area (TPSA) is 306 Å². The second-order valence-corrected chi connectivity index (χ2v) is 10.2. The smallest absolute Gasteiger partial charge is 0.280 e. The van der Waals surface area contributed by atoms with Crippen LogP contribution in [0.4, 0.5) is 23.3 Å². The standard InChI is InChI=1S/C23H36Cl2N16O2/c24-14-18(28)37-16(26)12(35-14)20(42)39-22(30)33-6-1-5-32-11-3-9-41(10-4-11)8-2-7-34-23(31)40-21(43)13-17(27)38-19(29)15(25)36-13/h11,32H,1-10H2,(H4,26,28,37)(H4,27,29,38)(H3,30,33,39,42)(H3,31,34,40,43). The van der Waals surface area contributed by atoms with E-state index >= 15 is 0 Å². The largest absolute Gasteiger partial charge is 0.382 e. The van der Waals surface area contributed by atoms with Gasteiger partial charge in [-0.05, 0) is 51.9 Å². The molecule has 3 heterocycles. The first-order valence-corrected chi connectivity index (χ1v) is 14.1. The summed E-state index contributed by atoms with van der Waals surface area (Å²) in [6.07, 6.45) is 3.50. The predicted molar refractivity (Wildman–Crippen MR) is 166 cm³/mol. The third-order valence-electron chi connectivity index (χ3n) is 6.28. The molecule has 2 aromatic rings. The number of hydrogen-bond acceptors (Lipinski definition) is 14. The maximum atomic E-state index is 12.3. The van der Waals surface area contributed by atoms with Crippen LogP contribution in [-0.2, 0) is 0 Å². The van der Waals surface area contributed by atoms with Gasteiger partial charge < -0.3 is 44.6 Å². The van der Waals surface area contributed by atoms with E-state index in [4.69, 9.17) is 57.6 Å². The van der Waals surface area contributed by atoms with Crippen LogP contribution >= 0.6 is 23.2 Å². The Morgan fingerprint density at radius 2 is 1.23 bits per heavy atom. The number of nitrogens with two attached hydrogens (primary N) is 6. The second kappa shape index (κ2) is 15.8. The minimum atomic E-state index is -0.680. The number of aliphatic imine (C=N–C) groups is 2. The molecule has 1 aliphatic heterocycles. The number of nitrogen functional groups attached to an aromatic ring is 4. The molecule has 0 atom stereocenters. The zero-order valence-corrected chi connectivity index (χ0v) is 24.8. The summed E-state index contributed by atoms with van der Waals surface area (Å²) >= 11 is 11.6. The van der Waals surface area contributed by atoms with Crippen molar-refractivity contribution >= 4 is 70.2 Å². The second-order valence-electron chi connectivity index (χ2n) is 9.49.